The van der Waals surface area contributed by atoms with Crippen LogP contribution in [0.3, 0.4) is 0 Å². The Kier molecular flexibility index (Phi) is 3.17. The maximum absolute atomic E-state index is 12.3. The van der Waals surface area contributed by atoms with E-state index < -0.39 is 10.0 Å². The lowest BCUT2D eigenvalue weighted by Gasteiger charge is -2.20. The zero-order valence-electron chi connectivity index (χ0n) is 10.2. The number of nitrogens with one attached hydrogen (secondary N) is 2. The lowest BCUT2D eigenvalue weighted by molar-refractivity contribution is 0.0996. The molecule has 19 heavy (non-hydrogen) atoms. The van der Waals surface area contributed by atoms with Crippen LogP contribution in [-0.2, 0) is 14.8 Å². The Morgan fingerprint density at radius 2 is 2.26 bits per heavy atom. The molecule has 2 fully saturated rings. The molecule has 104 valence electrons. The third-order valence-electron chi connectivity index (χ3n) is 3.60. The van der Waals surface area contributed by atoms with E-state index in [0.717, 1.165) is 19.3 Å². The molecule has 0 amide bonds. The van der Waals surface area contributed by atoms with Gasteiger partial charge in [0.15, 0.2) is 0 Å². The van der Waals surface area contributed by atoms with Gasteiger partial charge >= 0.3 is 0 Å². The summed E-state index contributed by atoms with van der Waals surface area (Å²) in [6, 6.07) is 2.71. The van der Waals surface area contributed by atoms with Gasteiger partial charge in [0.05, 0.1) is 23.1 Å². The van der Waals surface area contributed by atoms with Gasteiger partial charge in [-0.15, -0.1) is 0 Å². The number of anilines is 1. The first-order chi connectivity index (χ1) is 9.08. The maximum atomic E-state index is 12.3. The normalized spacial score (nSPS) is 29.6. The minimum atomic E-state index is -3.56. The van der Waals surface area contributed by atoms with Gasteiger partial charge in [-0.25, -0.2) is 24.0 Å². The number of nitrogen functional groups attached to an aromatic ring is 1. The third-order valence-corrected chi connectivity index (χ3v) is 5.09. The van der Waals surface area contributed by atoms with Crippen molar-refractivity contribution in [3.05, 3.63) is 18.3 Å². The molecule has 0 radical (unpaired) electrons. The molecule has 3 heterocycles. The molecule has 1 aromatic heterocycles. The van der Waals surface area contributed by atoms with Gasteiger partial charge in [-0.05, 0) is 25.3 Å². The van der Waals surface area contributed by atoms with E-state index in [1.54, 1.807) is 0 Å². The van der Waals surface area contributed by atoms with Gasteiger partial charge in [-0.1, -0.05) is 0 Å². The Balaban J connectivity index is 1.78. The number of rotatable bonds is 4. The Morgan fingerprint density at radius 3 is 2.89 bits per heavy atom. The average molecular weight is 284 g/mol. The van der Waals surface area contributed by atoms with Crippen molar-refractivity contribution in [1.82, 2.24) is 9.71 Å². The summed E-state index contributed by atoms with van der Waals surface area (Å²) in [4.78, 5) is 4.04. The number of hydrogen-bond acceptors (Lipinski definition) is 6. The van der Waals surface area contributed by atoms with E-state index in [-0.39, 0.29) is 23.1 Å². The highest BCUT2D eigenvalue weighted by atomic mass is 32.2. The number of nitrogens with two attached hydrogens (primary N) is 1. The fourth-order valence-electron chi connectivity index (χ4n) is 2.69. The fourth-order valence-corrected chi connectivity index (χ4v) is 3.98. The predicted octanol–water partition coefficient (Wildman–Crippen LogP) is -0.0346. The Morgan fingerprint density at radius 1 is 1.42 bits per heavy atom. The summed E-state index contributed by atoms with van der Waals surface area (Å²) in [5, 5.41) is 0. The summed E-state index contributed by atoms with van der Waals surface area (Å²) in [5.41, 5.74) is 2.33. The van der Waals surface area contributed by atoms with Gasteiger partial charge in [0, 0.05) is 12.3 Å². The van der Waals surface area contributed by atoms with E-state index >= 15 is 0 Å². The smallest absolute Gasteiger partial charge is 0.241 e. The molecular weight excluding hydrogens is 268 g/mol. The van der Waals surface area contributed by atoms with E-state index in [4.69, 9.17) is 10.6 Å². The highest BCUT2D eigenvalue weighted by molar-refractivity contribution is 7.89. The first-order valence-electron chi connectivity index (χ1n) is 6.19. The van der Waals surface area contributed by atoms with Crippen LogP contribution in [0.15, 0.2) is 23.2 Å². The van der Waals surface area contributed by atoms with E-state index in [1.165, 1.54) is 18.3 Å². The standard InChI is InChI=1S/C11H16N4O3S/c12-14-11-6-8(3-4-13-11)19(16,17)15-9-5-7-1-2-10(9)18-7/h3-4,6-7,9-10,15H,1-2,5,12H2,(H,13,14). The zero-order valence-corrected chi connectivity index (χ0v) is 11.1. The van der Waals surface area contributed by atoms with Crippen LogP contribution in [0.1, 0.15) is 19.3 Å². The molecule has 7 nitrogen and oxygen atoms in total. The summed E-state index contributed by atoms with van der Waals surface area (Å²) >= 11 is 0. The Bertz CT molecular complexity index is 577. The van der Waals surface area contributed by atoms with Crippen molar-refractivity contribution in [1.29, 1.82) is 0 Å². The van der Waals surface area contributed by atoms with Gasteiger partial charge < -0.3 is 10.2 Å². The number of ether oxygens (including phenoxy) is 1. The highest BCUT2D eigenvalue weighted by Gasteiger charge is 2.42. The number of fused-ring (bicyclic) bond motifs is 2. The second kappa shape index (κ2) is 4.71. The molecule has 2 saturated heterocycles. The van der Waals surface area contributed by atoms with Crippen molar-refractivity contribution in [2.75, 3.05) is 5.43 Å². The zero-order chi connectivity index (χ0) is 13.5. The molecule has 2 aliphatic rings. The van der Waals surface area contributed by atoms with Gasteiger partial charge in [0.25, 0.3) is 0 Å². The van der Waals surface area contributed by atoms with Crippen molar-refractivity contribution < 1.29 is 13.2 Å². The van der Waals surface area contributed by atoms with Gasteiger partial charge in [0.1, 0.15) is 5.82 Å². The van der Waals surface area contributed by atoms with Crippen LogP contribution in [0.2, 0.25) is 0 Å². The molecule has 8 heteroatoms. The lowest BCUT2D eigenvalue weighted by atomic mass is 9.96. The fraction of sp³-hybridized carbons (Fsp3) is 0.545. The molecule has 2 aliphatic heterocycles. The van der Waals surface area contributed by atoms with Crippen LogP contribution in [0.4, 0.5) is 5.82 Å². The summed E-state index contributed by atoms with van der Waals surface area (Å²) in [6.45, 7) is 0. The second-order valence-corrected chi connectivity index (χ2v) is 6.57. The predicted molar refractivity (Wildman–Crippen MR) is 68.7 cm³/mol. The summed E-state index contributed by atoms with van der Waals surface area (Å²) in [5.74, 6) is 5.54. The highest BCUT2D eigenvalue weighted by Crippen LogP contribution is 2.35. The third kappa shape index (κ3) is 2.44. The quantitative estimate of drug-likeness (QED) is 0.529. The van der Waals surface area contributed by atoms with Crippen molar-refractivity contribution >= 4 is 15.8 Å². The summed E-state index contributed by atoms with van der Waals surface area (Å²) in [6.07, 6.45) is 4.31. The molecule has 0 saturated carbocycles. The number of nitrogens with zero attached hydrogens (tertiary/aromatic N) is 1. The van der Waals surface area contributed by atoms with Crippen LogP contribution in [0, 0.1) is 0 Å². The van der Waals surface area contributed by atoms with Gasteiger partial charge in [-0.3, -0.25) is 0 Å². The molecule has 4 N–H and O–H groups in total. The van der Waals surface area contributed by atoms with Gasteiger partial charge in [-0.2, -0.15) is 0 Å². The van der Waals surface area contributed by atoms with E-state index in [9.17, 15) is 8.42 Å². The lowest BCUT2D eigenvalue weighted by Crippen LogP contribution is -2.41. The molecule has 3 unspecified atom stereocenters. The number of aromatic nitrogens is 1. The second-order valence-electron chi connectivity index (χ2n) is 4.86. The Labute approximate surface area is 111 Å². The molecule has 3 atom stereocenters. The molecule has 1 aromatic rings. The largest absolute Gasteiger partial charge is 0.373 e. The molecule has 0 aliphatic carbocycles. The molecule has 0 aromatic carbocycles. The van der Waals surface area contributed by atoms with E-state index in [1.807, 2.05) is 0 Å². The van der Waals surface area contributed by atoms with E-state index in [2.05, 4.69) is 15.1 Å². The average Bonchev–Trinajstić information content (AvgIpc) is 3.00. The first kappa shape index (κ1) is 12.8. The molecule has 2 bridgehead atoms. The van der Waals surface area contributed by atoms with E-state index in [0.29, 0.717) is 5.82 Å². The minimum absolute atomic E-state index is 0.00807. The molecular formula is C11H16N4O3S. The van der Waals surface area contributed by atoms with Crippen molar-refractivity contribution in [3.63, 3.8) is 0 Å². The summed E-state index contributed by atoms with van der Waals surface area (Å²) < 4.78 is 32.9. The van der Waals surface area contributed by atoms with Crippen LogP contribution >= 0.6 is 0 Å². The monoisotopic (exact) mass is 284 g/mol. The van der Waals surface area contributed by atoms with Crippen LogP contribution < -0.4 is 16.0 Å². The number of pyridine rings is 1. The van der Waals surface area contributed by atoms with Gasteiger partial charge in [0.2, 0.25) is 10.0 Å². The first-order valence-corrected chi connectivity index (χ1v) is 7.67. The number of hydrogen-bond donors (Lipinski definition) is 3. The minimum Gasteiger partial charge on any atom is -0.373 e. The number of hydrazine groups is 1. The summed E-state index contributed by atoms with van der Waals surface area (Å²) in [7, 11) is -3.56. The molecule has 0 spiro atoms. The number of sulfonamides is 1. The van der Waals surface area contributed by atoms with Crippen molar-refractivity contribution in [2.45, 2.75) is 42.4 Å². The maximum Gasteiger partial charge on any atom is 0.241 e. The van der Waals surface area contributed by atoms with Crippen LogP contribution in [0.5, 0.6) is 0 Å². The van der Waals surface area contributed by atoms with Crippen LogP contribution in [-0.4, -0.2) is 31.7 Å². The van der Waals surface area contributed by atoms with Crippen molar-refractivity contribution in [3.8, 4) is 0 Å². The molecule has 3 rings (SSSR count). The Hall–Kier alpha value is -1.22. The SMILES string of the molecule is NNc1cc(S(=O)(=O)NC2CC3CCC2O3)ccn1. The topological polar surface area (TPSA) is 106 Å². The van der Waals surface area contributed by atoms with Crippen molar-refractivity contribution in [2.24, 2.45) is 5.84 Å². The van der Waals surface area contributed by atoms with Crippen LogP contribution in [0.25, 0.3) is 0 Å².